The van der Waals surface area contributed by atoms with Gasteiger partial charge in [0.1, 0.15) is 5.82 Å². The van der Waals surface area contributed by atoms with E-state index in [4.69, 9.17) is 0 Å². The monoisotopic (exact) mass is 375 g/mol. The van der Waals surface area contributed by atoms with Crippen LogP contribution in [0.4, 0.5) is 13.2 Å². The molecular formula is C17H28F3N5O. The van der Waals surface area contributed by atoms with Crippen molar-refractivity contribution in [2.75, 3.05) is 13.1 Å². The molecule has 26 heavy (non-hydrogen) atoms. The average molecular weight is 375 g/mol. The van der Waals surface area contributed by atoms with E-state index in [0.29, 0.717) is 12.5 Å². The number of aliphatic hydroxyl groups is 1. The Morgan fingerprint density at radius 1 is 1.35 bits per heavy atom. The zero-order chi connectivity index (χ0) is 19.2. The second-order valence-electron chi connectivity index (χ2n) is 6.71. The molecule has 0 aliphatic heterocycles. The van der Waals surface area contributed by atoms with Crippen molar-refractivity contribution in [1.29, 1.82) is 0 Å². The molecule has 0 spiro atoms. The molecule has 2 rings (SSSR count). The highest BCUT2D eigenvalue weighted by Crippen LogP contribution is 2.40. The first-order valence-corrected chi connectivity index (χ1v) is 9.09. The Morgan fingerprint density at radius 2 is 2.04 bits per heavy atom. The van der Waals surface area contributed by atoms with Crippen LogP contribution in [-0.4, -0.2) is 45.9 Å². The van der Waals surface area contributed by atoms with E-state index in [1.807, 2.05) is 6.92 Å². The number of rotatable bonds is 6. The first kappa shape index (κ1) is 20.5. The number of nitrogens with one attached hydrogen (secondary N) is 2. The van der Waals surface area contributed by atoms with Gasteiger partial charge in [-0.2, -0.15) is 13.2 Å². The summed E-state index contributed by atoms with van der Waals surface area (Å²) in [6, 6.07) is 0.289. The topological polar surface area (TPSA) is 74.5 Å². The molecular weight excluding hydrogens is 347 g/mol. The third kappa shape index (κ3) is 4.90. The predicted octanol–water partition coefficient (Wildman–Crippen LogP) is 2.45. The first-order valence-electron chi connectivity index (χ1n) is 9.09. The van der Waals surface area contributed by atoms with Crippen LogP contribution >= 0.6 is 0 Å². The molecule has 1 aliphatic rings. The largest absolute Gasteiger partial charge is 0.424 e. The molecule has 6 nitrogen and oxygen atoms in total. The van der Waals surface area contributed by atoms with Crippen molar-refractivity contribution in [1.82, 2.24) is 20.2 Å². The summed E-state index contributed by atoms with van der Waals surface area (Å²) in [5.41, 5.74) is -3.03. The van der Waals surface area contributed by atoms with Gasteiger partial charge in [0, 0.05) is 45.0 Å². The lowest BCUT2D eigenvalue weighted by atomic mass is 9.96. The molecule has 0 radical (unpaired) electrons. The summed E-state index contributed by atoms with van der Waals surface area (Å²) in [7, 11) is 1.43. The number of hydrogen-bond acceptors (Lipinski definition) is 3. The van der Waals surface area contributed by atoms with Crippen LogP contribution in [0.5, 0.6) is 0 Å². The van der Waals surface area contributed by atoms with Crippen molar-refractivity contribution >= 4 is 5.96 Å². The molecule has 0 aromatic carbocycles. The van der Waals surface area contributed by atoms with Gasteiger partial charge < -0.3 is 20.3 Å². The van der Waals surface area contributed by atoms with E-state index >= 15 is 0 Å². The highest BCUT2D eigenvalue weighted by Gasteiger charge is 2.57. The van der Waals surface area contributed by atoms with Crippen molar-refractivity contribution in [3.63, 3.8) is 0 Å². The lowest BCUT2D eigenvalue weighted by Gasteiger charge is -2.29. The minimum Gasteiger partial charge on any atom is -0.374 e. The zero-order valence-electron chi connectivity index (χ0n) is 15.3. The molecule has 1 unspecified atom stereocenters. The zero-order valence-corrected chi connectivity index (χ0v) is 15.3. The number of alkyl halides is 3. The summed E-state index contributed by atoms with van der Waals surface area (Å²) in [5, 5.41) is 16.7. The standard InChI is InChI=1S/C17H28F3N5O/c1-3-21-15(24-13-7-5-4-6-8-13)23-10-9-16(26,17(18,19)20)14-22-11-12-25(14)2/h11-13,26H,3-10H2,1-2H3,(H2,21,23,24). The number of imidazole rings is 1. The molecule has 0 saturated heterocycles. The summed E-state index contributed by atoms with van der Waals surface area (Å²) in [6.07, 6.45) is 2.75. The SMILES string of the molecule is CCNC(=NCCC(O)(c1nccn1C)C(F)(F)F)NC1CCCCC1. The second-order valence-corrected chi connectivity index (χ2v) is 6.71. The molecule has 0 amide bonds. The lowest BCUT2D eigenvalue weighted by Crippen LogP contribution is -2.46. The van der Waals surface area contributed by atoms with Crippen molar-refractivity contribution in [3.05, 3.63) is 18.2 Å². The summed E-state index contributed by atoms with van der Waals surface area (Å²) in [4.78, 5) is 7.94. The van der Waals surface area contributed by atoms with Crippen molar-refractivity contribution < 1.29 is 18.3 Å². The number of aliphatic imine (C=N–C) groups is 1. The van der Waals surface area contributed by atoms with Gasteiger partial charge in [-0.25, -0.2) is 4.98 Å². The lowest BCUT2D eigenvalue weighted by molar-refractivity contribution is -0.272. The smallest absolute Gasteiger partial charge is 0.374 e. The van der Waals surface area contributed by atoms with Crippen molar-refractivity contribution in [3.8, 4) is 0 Å². The minimum absolute atomic E-state index is 0.176. The average Bonchev–Trinajstić information content (AvgIpc) is 3.01. The molecule has 1 aliphatic carbocycles. The fourth-order valence-corrected chi connectivity index (χ4v) is 3.23. The minimum atomic E-state index is -4.84. The van der Waals surface area contributed by atoms with Gasteiger partial charge >= 0.3 is 6.18 Å². The Kier molecular flexibility index (Phi) is 6.91. The first-order chi connectivity index (χ1) is 12.3. The molecule has 1 aromatic heterocycles. The second kappa shape index (κ2) is 8.75. The van der Waals surface area contributed by atoms with Crippen molar-refractivity contribution in [2.45, 2.75) is 63.3 Å². The van der Waals surface area contributed by atoms with Gasteiger partial charge in [0.25, 0.3) is 0 Å². The fraction of sp³-hybridized carbons (Fsp3) is 0.765. The van der Waals surface area contributed by atoms with Gasteiger partial charge in [-0.15, -0.1) is 0 Å². The molecule has 1 fully saturated rings. The van der Waals surface area contributed by atoms with Crippen LogP contribution < -0.4 is 10.6 Å². The number of guanidine groups is 1. The Balaban J connectivity index is 2.08. The maximum atomic E-state index is 13.5. The van der Waals surface area contributed by atoms with Gasteiger partial charge in [-0.3, -0.25) is 4.99 Å². The molecule has 148 valence electrons. The molecule has 9 heteroatoms. The molecule has 1 atom stereocenters. The van der Waals surface area contributed by atoms with E-state index in [9.17, 15) is 18.3 Å². The maximum Gasteiger partial charge on any atom is 0.424 e. The van der Waals surface area contributed by atoms with Gasteiger partial charge in [0.15, 0.2) is 5.96 Å². The number of nitrogens with zero attached hydrogens (tertiary/aromatic N) is 3. The van der Waals surface area contributed by atoms with Crippen LogP contribution in [0.15, 0.2) is 17.4 Å². The summed E-state index contributed by atoms with van der Waals surface area (Å²) in [6.45, 7) is 2.34. The highest BCUT2D eigenvalue weighted by molar-refractivity contribution is 5.80. The Morgan fingerprint density at radius 3 is 2.58 bits per heavy atom. The Hall–Kier alpha value is -1.77. The maximum absolute atomic E-state index is 13.5. The molecule has 1 aromatic rings. The van der Waals surface area contributed by atoms with Crippen LogP contribution in [-0.2, 0) is 12.6 Å². The normalized spacial score (nSPS) is 19.2. The molecule has 3 N–H and O–H groups in total. The number of halogens is 3. The Labute approximate surface area is 151 Å². The van der Waals surface area contributed by atoms with Gasteiger partial charge in [0.2, 0.25) is 5.60 Å². The van der Waals surface area contributed by atoms with Crippen LogP contribution in [0, 0.1) is 0 Å². The molecule has 0 bridgehead atoms. The fourth-order valence-electron chi connectivity index (χ4n) is 3.23. The van der Waals surface area contributed by atoms with Gasteiger partial charge in [-0.05, 0) is 19.8 Å². The van der Waals surface area contributed by atoms with Gasteiger partial charge in [-0.1, -0.05) is 19.3 Å². The summed E-state index contributed by atoms with van der Waals surface area (Å²) in [5.74, 6) is 0.0641. The highest BCUT2D eigenvalue weighted by atomic mass is 19.4. The van der Waals surface area contributed by atoms with Crippen LogP contribution in [0.1, 0.15) is 51.3 Å². The van der Waals surface area contributed by atoms with E-state index in [-0.39, 0.29) is 12.6 Å². The van der Waals surface area contributed by atoms with E-state index in [1.165, 1.54) is 30.4 Å². The quantitative estimate of drug-likeness (QED) is 0.527. The number of hydrogen-bond donors (Lipinski definition) is 3. The number of aryl methyl sites for hydroxylation is 1. The van der Waals surface area contributed by atoms with Gasteiger partial charge in [0.05, 0.1) is 0 Å². The third-order valence-electron chi connectivity index (χ3n) is 4.69. The van der Waals surface area contributed by atoms with Crippen LogP contribution in [0.25, 0.3) is 0 Å². The number of aromatic nitrogens is 2. The summed E-state index contributed by atoms with van der Waals surface area (Å²) >= 11 is 0. The van der Waals surface area contributed by atoms with E-state index in [2.05, 4.69) is 20.6 Å². The van der Waals surface area contributed by atoms with E-state index in [0.717, 1.165) is 25.7 Å². The van der Waals surface area contributed by atoms with E-state index in [1.54, 1.807) is 0 Å². The van der Waals surface area contributed by atoms with E-state index < -0.39 is 24.0 Å². The van der Waals surface area contributed by atoms with Crippen molar-refractivity contribution in [2.24, 2.45) is 12.0 Å². The third-order valence-corrected chi connectivity index (χ3v) is 4.69. The summed E-state index contributed by atoms with van der Waals surface area (Å²) < 4.78 is 41.7. The predicted molar refractivity (Wildman–Crippen MR) is 93.8 cm³/mol. The van der Waals surface area contributed by atoms with Crippen LogP contribution in [0.3, 0.4) is 0 Å². The Bertz CT molecular complexity index is 595. The molecule has 1 saturated carbocycles. The molecule has 1 heterocycles. The van der Waals surface area contributed by atoms with Crippen LogP contribution in [0.2, 0.25) is 0 Å².